The summed E-state index contributed by atoms with van der Waals surface area (Å²) in [6.45, 7) is 1.43. The number of benzene rings is 1. The average Bonchev–Trinajstić information content (AvgIpc) is 2.14. The first-order chi connectivity index (χ1) is 7.57. The lowest BCUT2D eigenvalue weighted by atomic mass is 10.0. The molecule has 1 aromatic rings. The van der Waals surface area contributed by atoms with Crippen LogP contribution in [-0.4, -0.2) is 5.11 Å². The third-order valence-corrected chi connectivity index (χ3v) is 2.21. The summed E-state index contributed by atoms with van der Waals surface area (Å²) in [7, 11) is 0. The van der Waals surface area contributed by atoms with Crippen molar-refractivity contribution in [3.8, 4) is 5.75 Å². The Morgan fingerprint density at radius 3 is 1.71 bits per heavy atom. The molecule has 0 aromatic heterocycles. The zero-order valence-corrected chi connectivity index (χ0v) is 8.58. The molecule has 0 atom stereocenters. The van der Waals surface area contributed by atoms with E-state index in [4.69, 9.17) is 0 Å². The molecule has 17 heavy (non-hydrogen) atoms. The minimum absolute atomic E-state index is 0.00699. The van der Waals surface area contributed by atoms with Crippen LogP contribution in [0, 0.1) is 0 Å². The third-order valence-electron chi connectivity index (χ3n) is 2.21. The zero-order chi connectivity index (χ0) is 13.4. The average molecular weight is 258 g/mol. The number of aromatic hydroxyl groups is 1. The number of rotatable bonds is 1. The molecule has 0 fully saturated rings. The smallest absolute Gasteiger partial charge is 0.417 e. The van der Waals surface area contributed by atoms with Crippen LogP contribution in [-0.2, 0) is 18.8 Å². The second-order valence-corrected chi connectivity index (χ2v) is 3.38. The number of phenolic OH excluding ortho intramolecular Hbond substituents is 1. The molecule has 0 radical (unpaired) electrons. The van der Waals surface area contributed by atoms with Crippen LogP contribution in [0.15, 0.2) is 12.1 Å². The van der Waals surface area contributed by atoms with Crippen molar-refractivity contribution in [1.82, 2.24) is 0 Å². The Bertz CT molecular complexity index is 418. The van der Waals surface area contributed by atoms with Crippen LogP contribution >= 0.6 is 0 Å². The third kappa shape index (κ3) is 2.83. The van der Waals surface area contributed by atoms with Gasteiger partial charge in [0.1, 0.15) is 5.75 Å². The van der Waals surface area contributed by atoms with Crippen LogP contribution in [0.4, 0.5) is 26.3 Å². The van der Waals surface area contributed by atoms with Crippen LogP contribution in [0.2, 0.25) is 0 Å². The highest BCUT2D eigenvalue weighted by molar-refractivity contribution is 5.44. The lowest BCUT2D eigenvalue weighted by Gasteiger charge is -2.17. The second kappa shape index (κ2) is 4.12. The molecular formula is C10H8F6O. The van der Waals surface area contributed by atoms with Gasteiger partial charge in [0.25, 0.3) is 0 Å². The molecule has 0 aliphatic heterocycles. The molecule has 0 bridgehead atoms. The van der Waals surface area contributed by atoms with Crippen LogP contribution in [0.5, 0.6) is 5.75 Å². The van der Waals surface area contributed by atoms with E-state index in [0.717, 1.165) is 0 Å². The molecule has 1 aromatic carbocycles. The predicted molar refractivity (Wildman–Crippen MR) is 47.5 cm³/mol. The van der Waals surface area contributed by atoms with Crippen molar-refractivity contribution in [2.75, 3.05) is 0 Å². The van der Waals surface area contributed by atoms with Crippen molar-refractivity contribution >= 4 is 0 Å². The van der Waals surface area contributed by atoms with Gasteiger partial charge in [-0.15, -0.1) is 0 Å². The number of alkyl halides is 6. The molecule has 0 unspecified atom stereocenters. The maximum Gasteiger partial charge on any atom is 0.417 e. The second-order valence-electron chi connectivity index (χ2n) is 3.38. The zero-order valence-electron chi connectivity index (χ0n) is 8.58. The molecule has 0 saturated heterocycles. The first kappa shape index (κ1) is 13.7. The molecule has 0 saturated carbocycles. The van der Waals surface area contributed by atoms with Gasteiger partial charge in [-0.1, -0.05) is 6.92 Å². The SMILES string of the molecule is CCc1cc(C(F)(F)F)c(C(F)(F)F)cc1O. The van der Waals surface area contributed by atoms with Gasteiger partial charge in [0.15, 0.2) is 0 Å². The van der Waals surface area contributed by atoms with Gasteiger partial charge >= 0.3 is 12.4 Å². The molecule has 0 aliphatic rings. The number of phenols is 1. The molecule has 0 aliphatic carbocycles. The van der Waals surface area contributed by atoms with Gasteiger partial charge in [-0.2, -0.15) is 26.3 Å². The Morgan fingerprint density at radius 1 is 0.941 bits per heavy atom. The first-order valence-corrected chi connectivity index (χ1v) is 4.57. The highest BCUT2D eigenvalue weighted by Gasteiger charge is 2.43. The van der Waals surface area contributed by atoms with Gasteiger partial charge in [0, 0.05) is 0 Å². The maximum absolute atomic E-state index is 12.4. The number of hydrogen-bond acceptors (Lipinski definition) is 1. The molecular weight excluding hydrogens is 250 g/mol. The Morgan fingerprint density at radius 2 is 1.35 bits per heavy atom. The molecule has 0 heterocycles. The quantitative estimate of drug-likeness (QED) is 0.755. The van der Waals surface area contributed by atoms with Crippen LogP contribution in [0.25, 0.3) is 0 Å². The normalized spacial score (nSPS) is 12.9. The fraction of sp³-hybridized carbons (Fsp3) is 0.400. The summed E-state index contributed by atoms with van der Waals surface area (Å²) in [5, 5.41) is 9.18. The first-order valence-electron chi connectivity index (χ1n) is 4.57. The van der Waals surface area contributed by atoms with E-state index in [1.54, 1.807) is 0 Å². The maximum atomic E-state index is 12.4. The van der Waals surface area contributed by atoms with Gasteiger partial charge < -0.3 is 5.11 Å². The Labute approximate surface area is 92.7 Å². The molecule has 1 N–H and O–H groups in total. The van der Waals surface area contributed by atoms with E-state index in [9.17, 15) is 31.4 Å². The van der Waals surface area contributed by atoms with Gasteiger partial charge in [-0.05, 0) is 24.1 Å². The van der Waals surface area contributed by atoms with Gasteiger partial charge in [-0.3, -0.25) is 0 Å². The summed E-state index contributed by atoms with van der Waals surface area (Å²) in [5.74, 6) is -0.784. The van der Waals surface area contributed by atoms with Crippen molar-refractivity contribution in [2.24, 2.45) is 0 Å². The van der Waals surface area contributed by atoms with E-state index < -0.39 is 29.2 Å². The van der Waals surface area contributed by atoms with Crippen molar-refractivity contribution in [1.29, 1.82) is 0 Å². The standard InChI is InChI=1S/C10H8F6O/c1-2-5-3-6(9(11,12)13)7(4-8(5)17)10(14,15)16/h3-4,17H,2H2,1H3. The minimum atomic E-state index is -5.16. The fourth-order valence-corrected chi connectivity index (χ4v) is 1.39. The summed E-state index contributed by atoms with van der Waals surface area (Å²) in [6.07, 6.45) is -10.3. The van der Waals surface area contributed by atoms with Crippen molar-refractivity contribution in [3.05, 3.63) is 28.8 Å². The molecule has 1 nitrogen and oxygen atoms in total. The molecule has 96 valence electrons. The van der Waals surface area contributed by atoms with Crippen LogP contribution in [0.1, 0.15) is 23.6 Å². The summed E-state index contributed by atoms with van der Waals surface area (Å²) in [4.78, 5) is 0. The number of hydrogen-bond donors (Lipinski definition) is 1. The molecule has 7 heteroatoms. The van der Waals surface area contributed by atoms with E-state index >= 15 is 0 Å². The van der Waals surface area contributed by atoms with Crippen molar-refractivity contribution in [2.45, 2.75) is 25.7 Å². The van der Waals surface area contributed by atoms with E-state index in [-0.39, 0.29) is 18.1 Å². The van der Waals surface area contributed by atoms with E-state index in [1.165, 1.54) is 6.92 Å². The van der Waals surface area contributed by atoms with E-state index in [1.807, 2.05) is 0 Å². The van der Waals surface area contributed by atoms with Crippen molar-refractivity contribution < 1.29 is 31.4 Å². The lowest BCUT2D eigenvalue weighted by molar-refractivity contribution is -0.162. The van der Waals surface area contributed by atoms with Gasteiger partial charge in [0.2, 0.25) is 0 Å². The Hall–Kier alpha value is -1.40. The fourth-order valence-electron chi connectivity index (χ4n) is 1.39. The monoisotopic (exact) mass is 258 g/mol. The van der Waals surface area contributed by atoms with E-state index in [0.29, 0.717) is 6.07 Å². The topological polar surface area (TPSA) is 20.2 Å². The van der Waals surface area contributed by atoms with Crippen LogP contribution < -0.4 is 0 Å². The highest BCUT2D eigenvalue weighted by atomic mass is 19.4. The largest absolute Gasteiger partial charge is 0.508 e. The molecule has 1 rings (SSSR count). The summed E-state index contributed by atoms with van der Waals surface area (Å²) >= 11 is 0. The summed E-state index contributed by atoms with van der Waals surface area (Å²) in [6, 6.07) is 0.444. The predicted octanol–water partition coefficient (Wildman–Crippen LogP) is 3.99. The Kier molecular flexibility index (Phi) is 3.31. The van der Waals surface area contributed by atoms with Gasteiger partial charge in [0.05, 0.1) is 11.1 Å². The Balaban J connectivity index is 3.54. The number of aryl methyl sites for hydroxylation is 1. The molecule has 0 amide bonds. The summed E-state index contributed by atoms with van der Waals surface area (Å²) < 4.78 is 74.5. The lowest BCUT2D eigenvalue weighted by Crippen LogP contribution is -2.17. The van der Waals surface area contributed by atoms with Crippen LogP contribution in [0.3, 0.4) is 0 Å². The summed E-state index contributed by atoms with van der Waals surface area (Å²) in [5.41, 5.74) is -3.83. The number of halogens is 6. The van der Waals surface area contributed by atoms with Crippen molar-refractivity contribution in [3.63, 3.8) is 0 Å². The van der Waals surface area contributed by atoms with Gasteiger partial charge in [-0.25, -0.2) is 0 Å². The van der Waals surface area contributed by atoms with E-state index in [2.05, 4.69) is 0 Å². The molecule has 0 spiro atoms. The minimum Gasteiger partial charge on any atom is -0.508 e. The highest BCUT2D eigenvalue weighted by Crippen LogP contribution is 2.42.